The zero-order valence-electron chi connectivity index (χ0n) is 20.2. The Hall–Kier alpha value is -2.90. The Morgan fingerprint density at radius 1 is 1.11 bits per heavy atom. The van der Waals surface area contributed by atoms with Gasteiger partial charge < -0.3 is 4.74 Å². The Morgan fingerprint density at radius 3 is 2.57 bits per heavy atom. The number of carbonyl (C=O) groups is 1. The third-order valence-electron chi connectivity index (χ3n) is 7.25. The quantitative estimate of drug-likeness (QED) is 0.173. The van der Waals surface area contributed by atoms with Gasteiger partial charge in [-0.2, -0.15) is 4.39 Å². The van der Waals surface area contributed by atoms with E-state index in [1.165, 1.54) is 6.20 Å². The topological polar surface area (TPSA) is 39.2 Å². The van der Waals surface area contributed by atoms with E-state index in [1.807, 2.05) is 6.07 Å². The highest BCUT2D eigenvalue weighted by atomic mass is 35.5. The van der Waals surface area contributed by atoms with Gasteiger partial charge >= 0.3 is 0 Å². The van der Waals surface area contributed by atoms with Gasteiger partial charge in [-0.3, -0.25) is 4.79 Å². The fourth-order valence-corrected chi connectivity index (χ4v) is 6.94. The molecular formula is C29H25ClF3NO2S. The molecule has 1 saturated carbocycles. The van der Waals surface area contributed by atoms with Gasteiger partial charge in [-0.05, 0) is 72.7 Å². The molecule has 37 heavy (non-hydrogen) atoms. The zero-order chi connectivity index (χ0) is 26.1. The number of carbonyl (C=O) groups excluding carboxylic acids is 1. The summed E-state index contributed by atoms with van der Waals surface area (Å²) in [4.78, 5) is 18.0. The van der Waals surface area contributed by atoms with Crippen LogP contribution in [0.3, 0.4) is 0 Å². The van der Waals surface area contributed by atoms with E-state index in [0.29, 0.717) is 23.3 Å². The van der Waals surface area contributed by atoms with Crippen LogP contribution in [0.15, 0.2) is 48.7 Å². The van der Waals surface area contributed by atoms with E-state index in [-0.39, 0.29) is 31.7 Å². The predicted octanol–water partition coefficient (Wildman–Crippen LogP) is 8.66. The predicted molar refractivity (Wildman–Crippen MR) is 141 cm³/mol. The van der Waals surface area contributed by atoms with Crippen LogP contribution in [-0.2, 0) is 6.42 Å². The second-order valence-corrected chi connectivity index (χ2v) is 10.8. The lowest BCUT2D eigenvalue weighted by Crippen LogP contribution is -2.28. The number of ether oxygens (including phenoxy) is 1. The first-order valence-electron chi connectivity index (χ1n) is 12.3. The molecule has 0 bridgehead atoms. The summed E-state index contributed by atoms with van der Waals surface area (Å²) in [5.41, 5.74) is 1.73. The SMILES string of the molecule is COc1ccc(-c2cccnc2F)cc1CC(C(=O)c1sc2c(F)ccc(F)c2c1Cl)C1CCCCC1. The van der Waals surface area contributed by atoms with Gasteiger partial charge in [0.15, 0.2) is 5.78 Å². The number of pyridine rings is 1. The molecule has 8 heteroatoms. The number of fused-ring (bicyclic) bond motifs is 1. The lowest BCUT2D eigenvalue weighted by atomic mass is 9.75. The van der Waals surface area contributed by atoms with E-state index in [2.05, 4.69) is 4.98 Å². The van der Waals surface area contributed by atoms with Crippen molar-refractivity contribution in [2.75, 3.05) is 7.11 Å². The maximum Gasteiger partial charge on any atom is 0.220 e. The third kappa shape index (κ3) is 4.99. The lowest BCUT2D eigenvalue weighted by molar-refractivity contribution is 0.0848. The van der Waals surface area contributed by atoms with Crippen molar-refractivity contribution in [2.24, 2.45) is 11.8 Å². The maximum atomic E-state index is 14.5. The smallest absolute Gasteiger partial charge is 0.220 e. The summed E-state index contributed by atoms with van der Waals surface area (Å²) in [6.07, 6.45) is 6.60. The maximum absolute atomic E-state index is 14.5. The van der Waals surface area contributed by atoms with Crippen LogP contribution in [0.4, 0.5) is 13.2 Å². The number of benzene rings is 2. The molecule has 0 spiro atoms. The number of aromatic nitrogens is 1. The minimum absolute atomic E-state index is 0.0408. The summed E-state index contributed by atoms with van der Waals surface area (Å²) in [5.74, 6) is -1.87. The Morgan fingerprint density at radius 2 is 1.86 bits per heavy atom. The van der Waals surface area contributed by atoms with Gasteiger partial charge in [-0.15, -0.1) is 11.3 Å². The minimum Gasteiger partial charge on any atom is -0.496 e. The van der Waals surface area contributed by atoms with Crippen molar-refractivity contribution in [3.8, 4) is 16.9 Å². The average molecular weight is 544 g/mol. The molecule has 2 heterocycles. The number of ketones is 1. The fraction of sp³-hybridized carbons (Fsp3) is 0.310. The monoisotopic (exact) mass is 543 g/mol. The highest BCUT2D eigenvalue weighted by molar-refractivity contribution is 7.21. The number of Topliss-reactive ketones (excluding diaryl/α,β-unsaturated/α-hetero) is 1. The molecule has 0 saturated heterocycles. The van der Waals surface area contributed by atoms with Gasteiger partial charge in [0.05, 0.1) is 27.1 Å². The molecule has 0 N–H and O–H groups in total. The summed E-state index contributed by atoms with van der Waals surface area (Å²) < 4.78 is 49.1. The molecule has 0 aliphatic heterocycles. The molecule has 4 aromatic rings. The highest BCUT2D eigenvalue weighted by Gasteiger charge is 2.34. The van der Waals surface area contributed by atoms with E-state index in [9.17, 15) is 18.0 Å². The molecular weight excluding hydrogens is 519 g/mol. The molecule has 0 radical (unpaired) electrons. The fourth-order valence-electron chi connectivity index (χ4n) is 5.38. The Kier molecular flexibility index (Phi) is 7.54. The van der Waals surface area contributed by atoms with Crippen LogP contribution in [0, 0.1) is 29.4 Å². The number of hydrogen-bond donors (Lipinski definition) is 0. The molecule has 1 aliphatic carbocycles. The Balaban J connectivity index is 1.58. The van der Waals surface area contributed by atoms with Crippen LogP contribution in [0.1, 0.15) is 47.3 Å². The van der Waals surface area contributed by atoms with Gasteiger partial charge in [0.25, 0.3) is 0 Å². The number of rotatable bonds is 7. The molecule has 1 aliphatic rings. The first-order valence-corrected chi connectivity index (χ1v) is 13.5. The minimum atomic E-state index is -0.654. The van der Waals surface area contributed by atoms with Crippen molar-refractivity contribution in [1.82, 2.24) is 4.98 Å². The molecule has 0 amide bonds. The number of hydrogen-bond acceptors (Lipinski definition) is 4. The molecule has 2 aromatic carbocycles. The molecule has 3 nitrogen and oxygen atoms in total. The van der Waals surface area contributed by atoms with Crippen LogP contribution in [0.25, 0.3) is 21.2 Å². The van der Waals surface area contributed by atoms with E-state index >= 15 is 0 Å². The first kappa shape index (κ1) is 25.7. The average Bonchev–Trinajstić information content (AvgIpc) is 3.28. The summed E-state index contributed by atoms with van der Waals surface area (Å²) in [6.45, 7) is 0. The molecule has 1 atom stereocenters. The molecule has 5 rings (SSSR count). The lowest BCUT2D eigenvalue weighted by Gasteiger charge is -2.30. The second kappa shape index (κ2) is 10.8. The number of nitrogens with zero attached hydrogens (tertiary/aromatic N) is 1. The number of thiophene rings is 1. The molecule has 1 fully saturated rings. The van der Waals surface area contributed by atoms with Crippen molar-refractivity contribution in [3.05, 3.63) is 81.7 Å². The van der Waals surface area contributed by atoms with Crippen molar-refractivity contribution in [3.63, 3.8) is 0 Å². The van der Waals surface area contributed by atoms with E-state index in [4.69, 9.17) is 16.3 Å². The Labute approximate surface area is 222 Å². The van der Waals surface area contributed by atoms with E-state index in [1.54, 1.807) is 31.4 Å². The second-order valence-electron chi connectivity index (χ2n) is 9.42. The first-order chi connectivity index (χ1) is 17.9. The van der Waals surface area contributed by atoms with Gasteiger partial charge in [0, 0.05) is 17.7 Å². The summed E-state index contributed by atoms with van der Waals surface area (Å²) in [7, 11) is 1.55. The zero-order valence-corrected chi connectivity index (χ0v) is 21.8. The van der Waals surface area contributed by atoms with Crippen LogP contribution in [-0.4, -0.2) is 17.9 Å². The van der Waals surface area contributed by atoms with Crippen LogP contribution in [0.2, 0.25) is 5.02 Å². The third-order valence-corrected chi connectivity index (χ3v) is 8.95. The van der Waals surface area contributed by atoms with Gasteiger partial charge in [-0.25, -0.2) is 13.8 Å². The van der Waals surface area contributed by atoms with Crippen molar-refractivity contribution < 1.29 is 22.7 Å². The number of methoxy groups -OCH3 is 1. The van der Waals surface area contributed by atoms with Crippen LogP contribution >= 0.6 is 22.9 Å². The molecule has 192 valence electrons. The van der Waals surface area contributed by atoms with Crippen LogP contribution < -0.4 is 4.74 Å². The van der Waals surface area contributed by atoms with E-state index < -0.39 is 23.5 Å². The van der Waals surface area contributed by atoms with Gasteiger partial charge in [0.2, 0.25) is 5.95 Å². The van der Waals surface area contributed by atoms with Crippen LogP contribution in [0.5, 0.6) is 5.75 Å². The highest BCUT2D eigenvalue weighted by Crippen LogP contribution is 2.43. The van der Waals surface area contributed by atoms with Crippen molar-refractivity contribution in [2.45, 2.75) is 38.5 Å². The standard InChI is InChI=1S/C29H25ClF3NO2S/c1-36-23-12-9-17(19-8-5-13-34-29(19)33)14-18(23)15-20(16-6-3-2-4-7-16)26(35)28-25(30)24-21(31)10-11-22(32)27(24)37-28/h5,8-14,16,20H,2-4,6-7,15H2,1H3. The van der Waals surface area contributed by atoms with E-state index in [0.717, 1.165) is 61.1 Å². The van der Waals surface area contributed by atoms with Gasteiger partial charge in [-0.1, -0.05) is 36.9 Å². The summed E-state index contributed by atoms with van der Waals surface area (Å²) >= 11 is 7.41. The summed E-state index contributed by atoms with van der Waals surface area (Å²) in [5, 5.41) is -0.0926. The molecule has 2 aromatic heterocycles. The van der Waals surface area contributed by atoms with Crippen molar-refractivity contribution in [1.29, 1.82) is 0 Å². The largest absolute Gasteiger partial charge is 0.496 e. The summed E-state index contributed by atoms with van der Waals surface area (Å²) in [6, 6.07) is 10.7. The van der Waals surface area contributed by atoms with Gasteiger partial charge in [0.1, 0.15) is 17.4 Å². The Bertz CT molecular complexity index is 1470. The number of halogens is 4. The normalized spacial score (nSPS) is 15.2. The molecule has 1 unspecified atom stereocenters. The van der Waals surface area contributed by atoms with Crippen molar-refractivity contribution >= 4 is 38.8 Å².